The fourth-order valence-electron chi connectivity index (χ4n) is 2.57. The van der Waals surface area contributed by atoms with Crippen LogP contribution >= 0.6 is 0 Å². The number of fused-ring (bicyclic) bond motifs is 3. The van der Waals surface area contributed by atoms with E-state index in [2.05, 4.69) is 30.3 Å². The fourth-order valence-corrected chi connectivity index (χ4v) is 2.57. The Morgan fingerprint density at radius 2 is 1.63 bits per heavy atom. The van der Waals surface area contributed by atoms with E-state index in [-0.39, 0.29) is 6.42 Å². The van der Waals surface area contributed by atoms with Gasteiger partial charge in [0.25, 0.3) is 0 Å². The summed E-state index contributed by atoms with van der Waals surface area (Å²) in [5, 5.41) is 13.6. The van der Waals surface area contributed by atoms with Gasteiger partial charge in [-0.15, -0.1) is 0 Å². The van der Waals surface area contributed by atoms with Crippen LogP contribution in [0.2, 0.25) is 0 Å². The summed E-state index contributed by atoms with van der Waals surface area (Å²) in [6.45, 7) is 0. The monoisotopic (exact) mass is 250 g/mol. The third-order valence-electron chi connectivity index (χ3n) is 3.49. The van der Waals surface area contributed by atoms with Crippen LogP contribution in [0.5, 0.6) is 0 Å². The van der Waals surface area contributed by atoms with Crippen LogP contribution in [-0.2, 0) is 11.2 Å². The third kappa shape index (κ3) is 2.17. The zero-order valence-corrected chi connectivity index (χ0v) is 10.5. The van der Waals surface area contributed by atoms with Crippen molar-refractivity contribution in [3.8, 4) is 0 Å². The van der Waals surface area contributed by atoms with Crippen LogP contribution in [0, 0.1) is 0 Å². The highest BCUT2D eigenvalue weighted by Gasteiger charge is 2.06. The molecule has 3 aromatic rings. The molecule has 0 aliphatic carbocycles. The average Bonchev–Trinajstić information content (AvgIpc) is 2.44. The zero-order chi connectivity index (χ0) is 13.2. The lowest BCUT2D eigenvalue weighted by Gasteiger charge is -2.08. The second-order valence-electron chi connectivity index (χ2n) is 4.69. The molecule has 0 aliphatic rings. The smallest absolute Gasteiger partial charge is 0.303 e. The maximum absolute atomic E-state index is 10.7. The Balaban J connectivity index is 2.20. The Labute approximate surface area is 111 Å². The van der Waals surface area contributed by atoms with Crippen LogP contribution in [-0.4, -0.2) is 11.1 Å². The quantitative estimate of drug-likeness (QED) is 0.713. The number of carboxylic acids is 1. The van der Waals surface area contributed by atoms with Gasteiger partial charge in [0.15, 0.2) is 0 Å². The summed E-state index contributed by atoms with van der Waals surface area (Å²) in [5.41, 5.74) is 1.10. The van der Waals surface area contributed by atoms with Gasteiger partial charge in [-0.05, 0) is 33.5 Å². The molecule has 94 valence electrons. The van der Waals surface area contributed by atoms with Gasteiger partial charge in [-0.2, -0.15) is 0 Å². The van der Waals surface area contributed by atoms with Crippen molar-refractivity contribution in [2.45, 2.75) is 12.8 Å². The highest BCUT2D eigenvalue weighted by molar-refractivity contribution is 6.08. The molecule has 2 nitrogen and oxygen atoms in total. The van der Waals surface area contributed by atoms with Crippen molar-refractivity contribution in [3.63, 3.8) is 0 Å². The molecule has 0 fully saturated rings. The molecule has 0 saturated heterocycles. The second kappa shape index (κ2) is 4.73. The van der Waals surface area contributed by atoms with E-state index in [1.54, 1.807) is 0 Å². The number of aliphatic carboxylic acids is 1. The van der Waals surface area contributed by atoms with E-state index >= 15 is 0 Å². The Kier molecular flexibility index (Phi) is 2.92. The largest absolute Gasteiger partial charge is 0.481 e. The SMILES string of the molecule is O=C(O)CCc1cccc2c1ccc1ccccc12. The minimum Gasteiger partial charge on any atom is -0.481 e. The van der Waals surface area contributed by atoms with Gasteiger partial charge in [0.1, 0.15) is 0 Å². The Hall–Kier alpha value is -2.35. The molecule has 0 spiro atoms. The van der Waals surface area contributed by atoms with Gasteiger partial charge in [-0.1, -0.05) is 54.6 Å². The molecule has 0 heterocycles. The van der Waals surface area contributed by atoms with Crippen LogP contribution in [0.15, 0.2) is 54.6 Å². The van der Waals surface area contributed by atoms with Gasteiger partial charge in [-0.25, -0.2) is 0 Å². The van der Waals surface area contributed by atoms with Crippen LogP contribution < -0.4 is 0 Å². The van der Waals surface area contributed by atoms with Crippen LogP contribution in [0.3, 0.4) is 0 Å². The number of aryl methyl sites for hydroxylation is 1. The van der Waals surface area contributed by atoms with Gasteiger partial charge >= 0.3 is 5.97 Å². The molecule has 3 aromatic carbocycles. The lowest BCUT2D eigenvalue weighted by atomic mass is 9.96. The number of benzene rings is 3. The van der Waals surface area contributed by atoms with Gasteiger partial charge < -0.3 is 5.11 Å². The molecule has 2 heteroatoms. The van der Waals surface area contributed by atoms with Crippen molar-refractivity contribution in [1.82, 2.24) is 0 Å². The summed E-state index contributed by atoms with van der Waals surface area (Å²) < 4.78 is 0. The third-order valence-corrected chi connectivity index (χ3v) is 3.49. The summed E-state index contributed by atoms with van der Waals surface area (Å²) in [4.78, 5) is 10.7. The van der Waals surface area contributed by atoms with Crippen LogP contribution in [0.25, 0.3) is 21.5 Å². The van der Waals surface area contributed by atoms with Gasteiger partial charge in [0.2, 0.25) is 0 Å². The van der Waals surface area contributed by atoms with Crippen LogP contribution in [0.4, 0.5) is 0 Å². The lowest BCUT2D eigenvalue weighted by Crippen LogP contribution is -1.98. The second-order valence-corrected chi connectivity index (χ2v) is 4.69. The first-order chi connectivity index (χ1) is 9.25. The van der Waals surface area contributed by atoms with Crippen molar-refractivity contribution in [2.24, 2.45) is 0 Å². The minimum atomic E-state index is -0.752. The zero-order valence-electron chi connectivity index (χ0n) is 10.5. The molecule has 0 radical (unpaired) electrons. The van der Waals surface area contributed by atoms with Crippen molar-refractivity contribution in [1.29, 1.82) is 0 Å². The topological polar surface area (TPSA) is 37.3 Å². The normalized spacial score (nSPS) is 10.9. The molecule has 3 rings (SSSR count). The fraction of sp³-hybridized carbons (Fsp3) is 0.118. The Morgan fingerprint density at radius 1 is 0.842 bits per heavy atom. The molecule has 19 heavy (non-hydrogen) atoms. The number of carbonyl (C=O) groups is 1. The van der Waals surface area contributed by atoms with E-state index in [1.165, 1.54) is 16.2 Å². The average molecular weight is 250 g/mol. The predicted molar refractivity (Wildman–Crippen MR) is 77.4 cm³/mol. The molecular formula is C17H14O2. The summed E-state index contributed by atoms with van der Waals surface area (Å²) in [6, 6.07) is 18.6. The van der Waals surface area contributed by atoms with E-state index in [1.807, 2.05) is 24.3 Å². The molecule has 0 aliphatic heterocycles. The first-order valence-corrected chi connectivity index (χ1v) is 6.37. The predicted octanol–water partition coefficient (Wildman–Crippen LogP) is 4.01. The van der Waals surface area contributed by atoms with E-state index in [0.29, 0.717) is 6.42 Å². The minimum absolute atomic E-state index is 0.173. The number of hydrogen-bond donors (Lipinski definition) is 1. The summed E-state index contributed by atoms with van der Waals surface area (Å²) in [5.74, 6) is -0.752. The van der Waals surface area contributed by atoms with Crippen molar-refractivity contribution in [3.05, 3.63) is 60.2 Å². The molecule has 0 bridgehead atoms. The van der Waals surface area contributed by atoms with E-state index in [9.17, 15) is 4.79 Å². The van der Waals surface area contributed by atoms with E-state index < -0.39 is 5.97 Å². The summed E-state index contributed by atoms with van der Waals surface area (Å²) in [7, 11) is 0. The molecule has 0 aromatic heterocycles. The van der Waals surface area contributed by atoms with Crippen LogP contribution in [0.1, 0.15) is 12.0 Å². The molecule has 0 unspecified atom stereocenters. The number of hydrogen-bond acceptors (Lipinski definition) is 1. The number of rotatable bonds is 3. The summed E-state index contributed by atoms with van der Waals surface area (Å²) in [6.07, 6.45) is 0.747. The summed E-state index contributed by atoms with van der Waals surface area (Å²) >= 11 is 0. The Morgan fingerprint density at radius 3 is 2.47 bits per heavy atom. The maximum Gasteiger partial charge on any atom is 0.303 e. The van der Waals surface area contributed by atoms with E-state index in [0.717, 1.165) is 10.9 Å². The highest BCUT2D eigenvalue weighted by Crippen LogP contribution is 2.28. The number of carboxylic acid groups (broad SMARTS) is 1. The van der Waals surface area contributed by atoms with Crippen molar-refractivity contribution in [2.75, 3.05) is 0 Å². The molecular weight excluding hydrogens is 236 g/mol. The van der Waals surface area contributed by atoms with Gasteiger partial charge in [0, 0.05) is 6.42 Å². The Bertz CT molecular complexity index is 759. The first-order valence-electron chi connectivity index (χ1n) is 6.37. The maximum atomic E-state index is 10.7. The lowest BCUT2D eigenvalue weighted by molar-refractivity contribution is -0.136. The molecule has 0 saturated carbocycles. The standard InChI is InChI=1S/C17H14O2/c18-17(19)11-9-13-5-3-7-16-14-6-2-1-4-12(14)8-10-15(13)16/h1-8,10H,9,11H2,(H,18,19). The highest BCUT2D eigenvalue weighted by atomic mass is 16.4. The van der Waals surface area contributed by atoms with Gasteiger partial charge in [-0.3, -0.25) is 4.79 Å². The molecule has 0 atom stereocenters. The molecule has 0 amide bonds. The van der Waals surface area contributed by atoms with E-state index in [4.69, 9.17) is 5.11 Å². The van der Waals surface area contributed by atoms with Gasteiger partial charge in [0.05, 0.1) is 0 Å². The first kappa shape index (κ1) is 11.7. The van der Waals surface area contributed by atoms with Crippen molar-refractivity contribution < 1.29 is 9.90 Å². The van der Waals surface area contributed by atoms with Crippen molar-refractivity contribution >= 4 is 27.5 Å². The molecule has 1 N–H and O–H groups in total.